The van der Waals surface area contributed by atoms with Gasteiger partial charge in [-0.05, 0) is 63.6 Å². The highest BCUT2D eigenvalue weighted by Gasteiger charge is 2.13. The minimum absolute atomic E-state index is 0.557. The van der Waals surface area contributed by atoms with Gasteiger partial charge in [-0.2, -0.15) is 5.10 Å². The summed E-state index contributed by atoms with van der Waals surface area (Å²) in [5, 5.41) is 6.49. The Hall–Kier alpha value is -3.67. The fourth-order valence-corrected chi connectivity index (χ4v) is 3.12. The Labute approximate surface area is 170 Å². The molecule has 0 spiro atoms. The van der Waals surface area contributed by atoms with Crippen LogP contribution >= 0.6 is 0 Å². The van der Waals surface area contributed by atoms with Crippen LogP contribution in [0.5, 0.6) is 0 Å². The highest BCUT2D eigenvalue weighted by Crippen LogP contribution is 2.20. The summed E-state index contributed by atoms with van der Waals surface area (Å²) in [6.45, 7) is 8.00. The van der Waals surface area contributed by atoms with Crippen LogP contribution < -0.4 is 10.7 Å². The van der Waals surface area contributed by atoms with Gasteiger partial charge in [-0.25, -0.2) is 5.43 Å². The number of rotatable bonds is 4. The van der Waals surface area contributed by atoms with E-state index in [9.17, 15) is 9.59 Å². The molecule has 6 nitrogen and oxygen atoms in total. The summed E-state index contributed by atoms with van der Waals surface area (Å²) < 4.78 is 2.13. The van der Waals surface area contributed by atoms with Crippen molar-refractivity contribution in [1.29, 1.82) is 0 Å². The molecule has 0 bridgehead atoms. The SMILES string of the molecule is Cc1ccc(NC(=O)C(=O)N/N=C\c2cc(C)n(-c3cccc(C)c3)c2C)cc1. The lowest BCUT2D eigenvalue weighted by Gasteiger charge is -2.10. The van der Waals surface area contributed by atoms with Crippen molar-refractivity contribution in [2.75, 3.05) is 5.32 Å². The number of hydrazone groups is 1. The van der Waals surface area contributed by atoms with E-state index in [4.69, 9.17) is 0 Å². The molecule has 0 unspecified atom stereocenters. The number of hydrogen-bond acceptors (Lipinski definition) is 3. The molecule has 2 aromatic carbocycles. The molecular formula is C23H24N4O2. The fourth-order valence-electron chi connectivity index (χ4n) is 3.12. The maximum Gasteiger partial charge on any atom is 0.329 e. The molecule has 1 heterocycles. The van der Waals surface area contributed by atoms with Crippen LogP contribution in [0, 0.1) is 27.7 Å². The second-order valence-electron chi connectivity index (χ2n) is 7.02. The van der Waals surface area contributed by atoms with Gasteiger partial charge >= 0.3 is 11.8 Å². The van der Waals surface area contributed by atoms with E-state index >= 15 is 0 Å². The van der Waals surface area contributed by atoms with E-state index in [1.807, 2.05) is 51.1 Å². The average molecular weight is 388 g/mol. The van der Waals surface area contributed by atoms with E-state index in [1.165, 1.54) is 5.56 Å². The van der Waals surface area contributed by atoms with Gasteiger partial charge in [0, 0.05) is 28.3 Å². The molecule has 0 saturated heterocycles. The standard InChI is InChI=1S/C23H24N4O2/c1-15-8-10-20(11-9-15)25-22(28)23(29)26-24-14-19-13-17(3)27(18(19)4)21-7-5-6-16(2)12-21/h5-14H,1-4H3,(H,25,28)(H,26,29)/b24-14-. The fraction of sp³-hybridized carbons (Fsp3) is 0.174. The Morgan fingerprint density at radius 2 is 1.62 bits per heavy atom. The summed E-state index contributed by atoms with van der Waals surface area (Å²) in [4.78, 5) is 24.0. The van der Waals surface area contributed by atoms with Gasteiger partial charge in [0.05, 0.1) is 6.21 Å². The van der Waals surface area contributed by atoms with Crippen molar-refractivity contribution in [2.24, 2.45) is 5.10 Å². The summed E-state index contributed by atoms with van der Waals surface area (Å²) in [7, 11) is 0. The Balaban J connectivity index is 1.67. The Kier molecular flexibility index (Phi) is 5.93. The van der Waals surface area contributed by atoms with Gasteiger partial charge in [-0.15, -0.1) is 0 Å². The molecule has 0 aliphatic heterocycles. The van der Waals surface area contributed by atoms with Crippen LogP contribution in [-0.2, 0) is 9.59 Å². The molecule has 0 aliphatic carbocycles. The third-order valence-corrected chi connectivity index (χ3v) is 4.62. The van der Waals surface area contributed by atoms with Gasteiger partial charge in [0.25, 0.3) is 0 Å². The zero-order valence-electron chi connectivity index (χ0n) is 17.0. The number of aromatic nitrogens is 1. The van der Waals surface area contributed by atoms with Crippen LogP contribution in [0.3, 0.4) is 0 Å². The Bertz CT molecular complexity index is 1080. The summed E-state index contributed by atoms with van der Waals surface area (Å²) in [6.07, 6.45) is 1.55. The van der Waals surface area contributed by atoms with Gasteiger partial charge in [-0.3, -0.25) is 9.59 Å². The lowest BCUT2D eigenvalue weighted by molar-refractivity contribution is -0.136. The third kappa shape index (κ3) is 4.79. The molecule has 3 rings (SSSR count). The molecule has 29 heavy (non-hydrogen) atoms. The van der Waals surface area contributed by atoms with Gasteiger partial charge < -0.3 is 9.88 Å². The van der Waals surface area contributed by atoms with Crippen LogP contribution in [0.15, 0.2) is 59.7 Å². The maximum atomic E-state index is 12.0. The second-order valence-corrected chi connectivity index (χ2v) is 7.02. The lowest BCUT2D eigenvalue weighted by atomic mass is 10.2. The van der Waals surface area contributed by atoms with Crippen molar-refractivity contribution in [1.82, 2.24) is 9.99 Å². The average Bonchev–Trinajstić information content (AvgIpc) is 2.97. The number of carbonyl (C=O) groups excluding carboxylic acids is 2. The first-order chi connectivity index (χ1) is 13.8. The highest BCUT2D eigenvalue weighted by atomic mass is 16.2. The number of benzene rings is 2. The predicted octanol–water partition coefficient (Wildman–Crippen LogP) is 3.80. The van der Waals surface area contributed by atoms with Crippen molar-refractivity contribution in [3.8, 4) is 5.69 Å². The zero-order valence-corrected chi connectivity index (χ0v) is 17.0. The van der Waals surface area contributed by atoms with Crippen molar-refractivity contribution in [3.63, 3.8) is 0 Å². The first-order valence-corrected chi connectivity index (χ1v) is 9.32. The predicted molar refractivity (Wildman–Crippen MR) is 116 cm³/mol. The van der Waals surface area contributed by atoms with E-state index in [1.54, 1.807) is 18.3 Å². The molecule has 0 saturated carbocycles. The number of nitrogens with one attached hydrogen (secondary N) is 2. The smallest absolute Gasteiger partial charge is 0.318 e. The highest BCUT2D eigenvalue weighted by molar-refractivity contribution is 6.39. The molecule has 6 heteroatoms. The zero-order chi connectivity index (χ0) is 21.0. The second kappa shape index (κ2) is 8.56. The largest absolute Gasteiger partial charge is 0.329 e. The third-order valence-electron chi connectivity index (χ3n) is 4.62. The number of hydrogen-bond donors (Lipinski definition) is 2. The van der Waals surface area contributed by atoms with E-state index in [0.29, 0.717) is 5.69 Å². The number of nitrogens with zero attached hydrogens (tertiary/aromatic N) is 2. The summed E-state index contributed by atoms with van der Waals surface area (Å²) >= 11 is 0. The summed E-state index contributed by atoms with van der Waals surface area (Å²) in [5.41, 5.74) is 9.06. The van der Waals surface area contributed by atoms with Crippen LogP contribution in [0.2, 0.25) is 0 Å². The molecule has 0 fully saturated rings. The van der Waals surface area contributed by atoms with Gasteiger partial charge in [0.2, 0.25) is 0 Å². The van der Waals surface area contributed by atoms with E-state index in [0.717, 1.165) is 28.2 Å². The number of anilines is 1. The van der Waals surface area contributed by atoms with Crippen LogP contribution in [0.25, 0.3) is 5.69 Å². The van der Waals surface area contributed by atoms with Crippen LogP contribution in [0.4, 0.5) is 5.69 Å². The normalized spacial score (nSPS) is 10.9. The van der Waals surface area contributed by atoms with E-state index in [2.05, 4.69) is 39.5 Å². The molecule has 3 aromatic rings. The molecular weight excluding hydrogens is 364 g/mol. The van der Waals surface area contributed by atoms with E-state index in [-0.39, 0.29) is 0 Å². The monoisotopic (exact) mass is 388 g/mol. The number of aryl methyl sites for hydroxylation is 3. The summed E-state index contributed by atoms with van der Waals surface area (Å²) in [5.74, 6) is -1.59. The molecule has 0 aliphatic rings. The van der Waals surface area contributed by atoms with E-state index < -0.39 is 11.8 Å². The quantitative estimate of drug-likeness (QED) is 0.405. The van der Waals surface area contributed by atoms with Gasteiger partial charge in [0.1, 0.15) is 0 Å². The Morgan fingerprint density at radius 1 is 0.897 bits per heavy atom. The molecule has 0 radical (unpaired) electrons. The molecule has 2 N–H and O–H groups in total. The van der Waals surface area contributed by atoms with Crippen LogP contribution in [-0.4, -0.2) is 22.6 Å². The minimum atomic E-state index is -0.825. The lowest BCUT2D eigenvalue weighted by Crippen LogP contribution is -2.32. The van der Waals surface area contributed by atoms with Gasteiger partial charge in [0.15, 0.2) is 0 Å². The van der Waals surface area contributed by atoms with Crippen molar-refractivity contribution in [2.45, 2.75) is 27.7 Å². The van der Waals surface area contributed by atoms with Crippen molar-refractivity contribution < 1.29 is 9.59 Å². The number of amides is 2. The van der Waals surface area contributed by atoms with Crippen LogP contribution in [0.1, 0.15) is 28.1 Å². The molecule has 2 amide bonds. The maximum absolute atomic E-state index is 12.0. The molecule has 0 atom stereocenters. The van der Waals surface area contributed by atoms with Gasteiger partial charge in [-0.1, -0.05) is 29.8 Å². The van der Waals surface area contributed by atoms with Crippen molar-refractivity contribution in [3.05, 3.63) is 82.7 Å². The molecule has 1 aromatic heterocycles. The Morgan fingerprint density at radius 3 is 2.31 bits per heavy atom. The molecule has 148 valence electrons. The first-order valence-electron chi connectivity index (χ1n) is 9.32. The summed E-state index contributed by atoms with van der Waals surface area (Å²) in [6, 6.07) is 17.4. The number of carbonyl (C=O) groups is 2. The topological polar surface area (TPSA) is 75.5 Å². The first kappa shape index (κ1) is 20.1. The minimum Gasteiger partial charge on any atom is -0.318 e. The van der Waals surface area contributed by atoms with Crippen molar-refractivity contribution >= 4 is 23.7 Å².